The van der Waals surface area contributed by atoms with Crippen LogP contribution in [0.2, 0.25) is 0 Å². The molecule has 0 aliphatic heterocycles. The van der Waals surface area contributed by atoms with E-state index in [0.717, 1.165) is 11.1 Å². The Morgan fingerprint density at radius 1 is 1.05 bits per heavy atom. The highest BCUT2D eigenvalue weighted by Gasteiger charge is 2.17. The Morgan fingerprint density at radius 2 is 1.73 bits per heavy atom. The second-order valence-corrected chi connectivity index (χ2v) is 5.55. The SMILES string of the molecule is Cc1ccc(-c2oc3c(C(=O)Cl)cccc3c(=O)c2C)cc1. The number of carbonyl (C=O) groups is 1. The number of hydrogen-bond acceptors (Lipinski definition) is 3. The van der Waals surface area contributed by atoms with Gasteiger partial charge in [0.15, 0.2) is 11.0 Å². The van der Waals surface area contributed by atoms with Gasteiger partial charge in [0, 0.05) is 11.1 Å². The maximum atomic E-state index is 12.5. The molecule has 0 fully saturated rings. The van der Waals surface area contributed by atoms with E-state index >= 15 is 0 Å². The lowest BCUT2D eigenvalue weighted by Crippen LogP contribution is -2.08. The average Bonchev–Trinajstić information content (AvgIpc) is 2.51. The fourth-order valence-corrected chi connectivity index (χ4v) is 2.59. The van der Waals surface area contributed by atoms with Gasteiger partial charge in [-0.1, -0.05) is 35.9 Å². The van der Waals surface area contributed by atoms with Gasteiger partial charge in [0.25, 0.3) is 5.24 Å². The van der Waals surface area contributed by atoms with E-state index in [1.54, 1.807) is 25.1 Å². The summed E-state index contributed by atoms with van der Waals surface area (Å²) in [7, 11) is 0. The van der Waals surface area contributed by atoms with E-state index in [9.17, 15) is 9.59 Å². The van der Waals surface area contributed by atoms with Crippen molar-refractivity contribution in [1.29, 1.82) is 0 Å². The van der Waals surface area contributed by atoms with Gasteiger partial charge in [-0.15, -0.1) is 0 Å². The van der Waals surface area contributed by atoms with Crippen LogP contribution in [0.3, 0.4) is 0 Å². The molecule has 0 amide bonds. The third-order valence-electron chi connectivity index (χ3n) is 3.67. The fraction of sp³-hybridized carbons (Fsp3) is 0.111. The largest absolute Gasteiger partial charge is 0.455 e. The van der Waals surface area contributed by atoms with E-state index in [2.05, 4.69) is 0 Å². The highest BCUT2D eigenvalue weighted by Crippen LogP contribution is 2.28. The Balaban J connectivity index is 2.39. The second-order valence-electron chi connectivity index (χ2n) is 5.21. The molecule has 0 aliphatic carbocycles. The van der Waals surface area contributed by atoms with Gasteiger partial charge < -0.3 is 4.42 Å². The molecule has 2 aromatic carbocycles. The van der Waals surface area contributed by atoms with Crippen molar-refractivity contribution >= 4 is 27.8 Å². The van der Waals surface area contributed by atoms with Crippen LogP contribution in [0, 0.1) is 13.8 Å². The summed E-state index contributed by atoms with van der Waals surface area (Å²) in [5, 5.41) is -0.285. The van der Waals surface area contributed by atoms with Crippen LogP contribution < -0.4 is 5.43 Å². The number of aryl methyl sites for hydroxylation is 1. The molecule has 0 radical (unpaired) electrons. The molecule has 1 aromatic heterocycles. The van der Waals surface area contributed by atoms with E-state index in [0.29, 0.717) is 16.7 Å². The number of rotatable bonds is 2. The normalized spacial score (nSPS) is 10.9. The summed E-state index contributed by atoms with van der Waals surface area (Å²) in [6.45, 7) is 3.70. The van der Waals surface area contributed by atoms with Crippen LogP contribution in [-0.2, 0) is 0 Å². The fourth-order valence-electron chi connectivity index (χ4n) is 2.44. The first-order valence-electron chi connectivity index (χ1n) is 6.82. The monoisotopic (exact) mass is 312 g/mol. The quantitative estimate of drug-likeness (QED) is 0.656. The molecule has 110 valence electrons. The van der Waals surface area contributed by atoms with Crippen molar-refractivity contribution in [1.82, 2.24) is 0 Å². The predicted octanol–water partition coefficient (Wildman–Crippen LogP) is 4.46. The lowest BCUT2D eigenvalue weighted by atomic mass is 10.0. The minimum Gasteiger partial charge on any atom is -0.455 e. The number of para-hydroxylation sites is 1. The van der Waals surface area contributed by atoms with Gasteiger partial charge in [0.2, 0.25) is 0 Å². The van der Waals surface area contributed by atoms with E-state index in [4.69, 9.17) is 16.0 Å². The first-order chi connectivity index (χ1) is 10.5. The van der Waals surface area contributed by atoms with E-state index in [-0.39, 0.29) is 16.6 Å². The molecule has 0 saturated heterocycles. The van der Waals surface area contributed by atoms with Crippen LogP contribution in [-0.4, -0.2) is 5.24 Å². The van der Waals surface area contributed by atoms with Crippen molar-refractivity contribution in [3.05, 3.63) is 69.4 Å². The molecular formula is C18H13ClO3. The second kappa shape index (κ2) is 5.43. The molecule has 0 atom stereocenters. The van der Waals surface area contributed by atoms with Crippen LogP contribution in [0.25, 0.3) is 22.3 Å². The average molecular weight is 313 g/mol. The highest BCUT2D eigenvalue weighted by atomic mass is 35.5. The standard InChI is InChI=1S/C18H13ClO3/c1-10-6-8-12(9-7-10)16-11(2)15(20)13-4-3-5-14(18(19)21)17(13)22-16/h3-9H,1-2H3. The summed E-state index contributed by atoms with van der Waals surface area (Å²) in [6, 6.07) is 12.5. The maximum absolute atomic E-state index is 12.5. The van der Waals surface area contributed by atoms with Crippen molar-refractivity contribution < 1.29 is 9.21 Å². The molecule has 0 spiro atoms. The van der Waals surface area contributed by atoms with Crippen molar-refractivity contribution in [2.24, 2.45) is 0 Å². The Morgan fingerprint density at radius 3 is 2.36 bits per heavy atom. The zero-order chi connectivity index (χ0) is 15.9. The van der Waals surface area contributed by atoms with Crippen molar-refractivity contribution in [2.45, 2.75) is 13.8 Å². The number of benzene rings is 2. The van der Waals surface area contributed by atoms with Crippen LogP contribution in [0.4, 0.5) is 0 Å². The summed E-state index contributed by atoms with van der Waals surface area (Å²) < 4.78 is 5.89. The molecule has 22 heavy (non-hydrogen) atoms. The molecule has 1 heterocycles. The zero-order valence-electron chi connectivity index (χ0n) is 12.1. The lowest BCUT2D eigenvalue weighted by molar-refractivity contribution is 0.108. The van der Waals surface area contributed by atoms with Gasteiger partial charge in [0.05, 0.1) is 10.9 Å². The molecular weight excluding hydrogens is 300 g/mol. The molecule has 3 rings (SSSR count). The van der Waals surface area contributed by atoms with E-state index in [1.807, 2.05) is 31.2 Å². The maximum Gasteiger partial charge on any atom is 0.256 e. The van der Waals surface area contributed by atoms with Gasteiger partial charge >= 0.3 is 0 Å². The molecule has 0 saturated carbocycles. The van der Waals surface area contributed by atoms with Gasteiger partial charge in [-0.25, -0.2) is 0 Å². The lowest BCUT2D eigenvalue weighted by Gasteiger charge is -2.09. The van der Waals surface area contributed by atoms with Crippen LogP contribution in [0.15, 0.2) is 51.7 Å². The number of halogens is 1. The topological polar surface area (TPSA) is 47.3 Å². The molecule has 0 bridgehead atoms. The third-order valence-corrected chi connectivity index (χ3v) is 3.87. The highest BCUT2D eigenvalue weighted by molar-refractivity contribution is 6.68. The Kier molecular flexibility index (Phi) is 3.59. The van der Waals surface area contributed by atoms with Gasteiger partial charge in [-0.2, -0.15) is 0 Å². The summed E-state index contributed by atoms with van der Waals surface area (Å²) >= 11 is 5.59. The summed E-state index contributed by atoms with van der Waals surface area (Å²) in [4.78, 5) is 24.1. The van der Waals surface area contributed by atoms with Gasteiger partial charge in [-0.3, -0.25) is 9.59 Å². The molecule has 4 heteroatoms. The minimum absolute atomic E-state index is 0.156. The molecule has 3 nitrogen and oxygen atoms in total. The molecule has 0 N–H and O–H groups in total. The predicted molar refractivity (Wildman–Crippen MR) is 87.6 cm³/mol. The summed E-state index contributed by atoms with van der Waals surface area (Å²) in [5.41, 5.74) is 2.69. The summed E-state index contributed by atoms with van der Waals surface area (Å²) in [6.07, 6.45) is 0. The van der Waals surface area contributed by atoms with Crippen LogP contribution in [0.5, 0.6) is 0 Å². The van der Waals surface area contributed by atoms with Crippen molar-refractivity contribution in [2.75, 3.05) is 0 Å². The Bertz CT molecular complexity index is 937. The zero-order valence-corrected chi connectivity index (χ0v) is 12.9. The van der Waals surface area contributed by atoms with E-state index < -0.39 is 5.24 Å². The van der Waals surface area contributed by atoms with E-state index in [1.165, 1.54) is 0 Å². The number of carbonyl (C=O) groups excluding carboxylic acids is 1. The van der Waals surface area contributed by atoms with Gasteiger partial charge in [0.1, 0.15) is 5.76 Å². The van der Waals surface area contributed by atoms with Crippen molar-refractivity contribution in [3.8, 4) is 11.3 Å². The van der Waals surface area contributed by atoms with Gasteiger partial charge in [-0.05, 0) is 37.6 Å². The third kappa shape index (κ3) is 2.34. The first kappa shape index (κ1) is 14.5. The summed E-state index contributed by atoms with van der Waals surface area (Å²) in [5.74, 6) is 0.461. The van der Waals surface area contributed by atoms with Crippen molar-refractivity contribution in [3.63, 3.8) is 0 Å². The van der Waals surface area contributed by atoms with Crippen LogP contribution >= 0.6 is 11.6 Å². The molecule has 3 aromatic rings. The molecule has 0 unspecified atom stereocenters. The minimum atomic E-state index is -0.646. The molecule has 0 aliphatic rings. The first-order valence-corrected chi connectivity index (χ1v) is 7.20. The number of hydrogen-bond donors (Lipinski definition) is 0. The Hall–Kier alpha value is -2.39. The number of fused-ring (bicyclic) bond motifs is 1. The smallest absolute Gasteiger partial charge is 0.256 e. The van der Waals surface area contributed by atoms with Crippen LogP contribution in [0.1, 0.15) is 21.5 Å². The Labute approximate surface area is 132 Å².